The SMILES string of the molecule is CCCCCC(=O)N[C@H](C(=O)O)C(C)C.NC(=O)NCCC[C@H](N)C(=O)O.O=C1C=CC(=O)N1. The Morgan fingerprint density at radius 2 is 1.56 bits per heavy atom. The van der Waals surface area contributed by atoms with Gasteiger partial charge in [-0.1, -0.05) is 33.6 Å². The second-order valence-electron chi connectivity index (χ2n) is 7.65. The van der Waals surface area contributed by atoms with Crippen LogP contribution in [0.5, 0.6) is 0 Å². The van der Waals surface area contributed by atoms with Gasteiger partial charge >= 0.3 is 18.0 Å². The molecule has 13 nitrogen and oxygen atoms in total. The summed E-state index contributed by atoms with van der Waals surface area (Å²) in [6.07, 6.45) is 6.54. The van der Waals surface area contributed by atoms with Gasteiger partial charge in [-0.2, -0.15) is 0 Å². The van der Waals surface area contributed by atoms with Gasteiger partial charge in [0.25, 0.3) is 11.8 Å². The van der Waals surface area contributed by atoms with Crippen molar-refractivity contribution >= 4 is 35.7 Å². The van der Waals surface area contributed by atoms with Crippen LogP contribution in [0.25, 0.3) is 0 Å². The molecule has 0 saturated carbocycles. The Bertz CT molecular complexity index is 708. The van der Waals surface area contributed by atoms with Crippen LogP contribution in [0.1, 0.15) is 59.3 Å². The summed E-state index contributed by atoms with van der Waals surface area (Å²) in [5.41, 5.74) is 9.96. The van der Waals surface area contributed by atoms with Crippen molar-refractivity contribution in [3.63, 3.8) is 0 Å². The van der Waals surface area contributed by atoms with Gasteiger partial charge in [-0.15, -0.1) is 0 Å². The molecule has 0 aromatic heterocycles. The van der Waals surface area contributed by atoms with Crippen LogP contribution in [0, 0.1) is 5.92 Å². The van der Waals surface area contributed by atoms with E-state index < -0.39 is 30.1 Å². The lowest BCUT2D eigenvalue weighted by Gasteiger charge is -2.17. The predicted molar refractivity (Wildman–Crippen MR) is 123 cm³/mol. The van der Waals surface area contributed by atoms with E-state index in [1.165, 1.54) is 12.2 Å². The molecule has 0 aromatic rings. The smallest absolute Gasteiger partial charge is 0.326 e. The first-order valence-electron chi connectivity index (χ1n) is 10.9. The van der Waals surface area contributed by atoms with E-state index in [2.05, 4.69) is 17.6 Å². The van der Waals surface area contributed by atoms with E-state index in [0.29, 0.717) is 25.8 Å². The minimum atomic E-state index is -1.03. The molecule has 0 bridgehead atoms. The molecule has 1 rings (SSSR count). The molecule has 0 spiro atoms. The molecule has 1 aliphatic rings. The number of imide groups is 1. The average molecular weight is 488 g/mol. The summed E-state index contributed by atoms with van der Waals surface area (Å²) in [4.78, 5) is 62.6. The van der Waals surface area contributed by atoms with Gasteiger partial charge < -0.3 is 32.3 Å². The van der Waals surface area contributed by atoms with E-state index in [0.717, 1.165) is 19.3 Å². The number of hydrogen-bond donors (Lipinski definition) is 7. The standard InChI is InChI=1S/C11H21NO3.C6H13N3O3.C4H3NO2/c1-4-5-6-7-9(13)12-10(8(2)3)11(14)15;7-4(5(10)11)2-1-3-9-6(8)12;6-3-1-2-4(7)5-3/h8,10H,4-7H2,1-3H3,(H,12,13)(H,14,15);4H,1-3,7H2,(H,10,11)(H3,8,9,12);1-2H,(H,5,6,7)/t10-;4-;/m00./s1. The zero-order valence-corrected chi connectivity index (χ0v) is 19.8. The Morgan fingerprint density at radius 3 is 1.91 bits per heavy atom. The van der Waals surface area contributed by atoms with E-state index in [1.54, 1.807) is 13.8 Å². The quantitative estimate of drug-likeness (QED) is 0.143. The van der Waals surface area contributed by atoms with Crippen LogP contribution in [-0.4, -0.2) is 64.5 Å². The number of amides is 5. The summed E-state index contributed by atoms with van der Waals surface area (Å²) in [6, 6.07) is -2.24. The van der Waals surface area contributed by atoms with Crippen molar-refractivity contribution < 1.29 is 39.0 Å². The van der Waals surface area contributed by atoms with Crippen molar-refractivity contribution in [3.8, 4) is 0 Å². The van der Waals surface area contributed by atoms with E-state index in [1.807, 2.05) is 5.32 Å². The van der Waals surface area contributed by atoms with Gasteiger partial charge in [0.05, 0.1) is 0 Å². The number of aliphatic carboxylic acids is 2. The van der Waals surface area contributed by atoms with Crippen LogP contribution in [0.2, 0.25) is 0 Å². The second kappa shape index (κ2) is 19.0. The Hall–Kier alpha value is -3.48. The van der Waals surface area contributed by atoms with Gasteiger partial charge in [-0.05, 0) is 25.2 Å². The summed E-state index contributed by atoms with van der Waals surface area (Å²) < 4.78 is 0. The van der Waals surface area contributed by atoms with E-state index in [-0.39, 0.29) is 23.6 Å². The largest absolute Gasteiger partial charge is 0.480 e. The Morgan fingerprint density at radius 1 is 1.00 bits per heavy atom. The zero-order valence-electron chi connectivity index (χ0n) is 19.8. The van der Waals surface area contributed by atoms with Crippen molar-refractivity contribution in [2.45, 2.75) is 71.4 Å². The summed E-state index contributed by atoms with van der Waals surface area (Å²) in [5, 5.41) is 24.1. The first-order chi connectivity index (χ1) is 15.8. The van der Waals surface area contributed by atoms with Crippen LogP contribution >= 0.6 is 0 Å². The highest BCUT2D eigenvalue weighted by atomic mass is 16.4. The van der Waals surface area contributed by atoms with Crippen LogP contribution < -0.4 is 27.4 Å². The number of nitrogens with two attached hydrogens (primary N) is 2. The predicted octanol–water partition coefficient (Wildman–Crippen LogP) is -0.162. The van der Waals surface area contributed by atoms with Crippen molar-refractivity contribution in [1.82, 2.24) is 16.0 Å². The molecule has 13 heteroatoms. The summed E-state index contributed by atoms with van der Waals surface area (Å²) >= 11 is 0. The second-order valence-corrected chi connectivity index (χ2v) is 7.65. The normalized spacial score (nSPS) is 13.4. The third kappa shape index (κ3) is 19.2. The number of carbonyl (C=O) groups is 6. The topological polar surface area (TPSA) is 231 Å². The van der Waals surface area contributed by atoms with E-state index >= 15 is 0 Å². The van der Waals surface area contributed by atoms with Crippen LogP contribution in [0.3, 0.4) is 0 Å². The highest BCUT2D eigenvalue weighted by Gasteiger charge is 2.22. The average Bonchev–Trinajstić information content (AvgIpc) is 3.12. The Balaban J connectivity index is 0. The molecule has 5 amide bonds. The number of carboxylic acids is 2. The van der Waals surface area contributed by atoms with E-state index in [4.69, 9.17) is 21.7 Å². The molecule has 2 atom stereocenters. The number of carboxylic acid groups (broad SMARTS) is 2. The van der Waals surface area contributed by atoms with Crippen LogP contribution in [-0.2, 0) is 24.0 Å². The van der Waals surface area contributed by atoms with Gasteiger partial charge in [-0.25, -0.2) is 9.59 Å². The third-order valence-corrected chi connectivity index (χ3v) is 4.20. The lowest BCUT2D eigenvalue weighted by Crippen LogP contribution is -2.44. The molecule has 0 aromatic carbocycles. The number of primary amides is 1. The minimum absolute atomic E-state index is 0.0855. The number of carbonyl (C=O) groups excluding carboxylic acids is 4. The maximum atomic E-state index is 11.4. The number of rotatable bonds is 12. The van der Waals surface area contributed by atoms with Gasteiger partial charge in [0, 0.05) is 25.1 Å². The van der Waals surface area contributed by atoms with Gasteiger partial charge in [0.15, 0.2) is 0 Å². The molecule has 34 heavy (non-hydrogen) atoms. The highest BCUT2D eigenvalue weighted by molar-refractivity contribution is 6.12. The lowest BCUT2D eigenvalue weighted by molar-refractivity contribution is -0.143. The molecule has 0 saturated heterocycles. The number of hydrogen-bond acceptors (Lipinski definition) is 7. The Kier molecular flexibility index (Phi) is 18.3. The maximum absolute atomic E-state index is 11.4. The maximum Gasteiger partial charge on any atom is 0.326 e. The summed E-state index contributed by atoms with van der Waals surface area (Å²) in [6.45, 7) is 5.98. The van der Waals surface area contributed by atoms with Crippen molar-refractivity contribution in [2.24, 2.45) is 17.4 Å². The van der Waals surface area contributed by atoms with Crippen LogP contribution in [0.15, 0.2) is 12.2 Å². The number of unbranched alkanes of at least 4 members (excludes halogenated alkanes) is 2. The monoisotopic (exact) mass is 487 g/mol. The molecule has 0 unspecified atom stereocenters. The first kappa shape index (κ1) is 32.7. The number of nitrogens with one attached hydrogen (secondary N) is 3. The van der Waals surface area contributed by atoms with Gasteiger partial charge in [0.1, 0.15) is 12.1 Å². The molecular weight excluding hydrogens is 450 g/mol. The van der Waals surface area contributed by atoms with Crippen molar-refractivity contribution in [2.75, 3.05) is 6.54 Å². The molecule has 1 aliphatic heterocycles. The van der Waals surface area contributed by atoms with Crippen molar-refractivity contribution in [3.05, 3.63) is 12.2 Å². The molecule has 194 valence electrons. The fourth-order valence-corrected chi connectivity index (χ4v) is 2.31. The molecular formula is C21H37N5O8. The zero-order chi connectivity index (χ0) is 26.7. The van der Waals surface area contributed by atoms with Gasteiger partial charge in [0.2, 0.25) is 5.91 Å². The molecule has 9 N–H and O–H groups in total. The first-order valence-corrected chi connectivity index (χ1v) is 10.9. The fourth-order valence-electron chi connectivity index (χ4n) is 2.31. The molecule has 0 radical (unpaired) electrons. The minimum Gasteiger partial charge on any atom is -0.480 e. The Labute approximate surface area is 198 Å². The highest BCUT2D eigenvalue weighted by Crippen LogP contribution is 2.04. The van der Waals surface area contributed by atoms with Gasteiger partial charge in [-0.3, -0.25) is 24.5 Å². The molecule has 0 aliphatic carbocycles. The van der Waals surface area contributed by atoms with Crippen LogP contribution in [0.4, 0.5) is 4.79 Å². The number of urea groups is 1. The summed E-state index contributed by atoms with van der Waals surface area (Å²) in [5.74, 6) is -2.90. The van der Waals surface area contributed by atoms with Crippen molar-refractivity contribution in [1.29, 1.82) is 0 Å². The molecule has 1 heterocycles. The lowest BCUT2D eigenvalue weighted by atomic mass is 10.0. The third-order valence-electron chi connectivity index (χ3n) is 4.20. The van der Waals surface area contributed by atoms with E-state index in [9.17, 15) is 28.8 Å². The summed E-state index contributed by atoms with van der Waals surface area (Å²) in [7, 11) is 0. The fraction of sp³-hybridized carbons (Fsp3) is 0.619. The molecule has 0 fully saturated rings.